The number of Topliss-reactive ketones (excluding diaryl/α,β-unsaturated/α-hetero) is 1. The molecule has 0 aliphatic carbocycles. The Morgan fingerprint density at radius 1 is 1.18 bits per heavy atom. The van der Waals surface area contributed by atoms with Crippen LogP contribution < -0.4 is 27.9 Å². The molecule has 5 nitrogen and oxygen atoms in total. The summed E-state index contributed by atoms with van der Waals surface area (Å²) in [4.78, 5) is 24.8. The minimum absolute atomic E-state index is 0. The normalized spacial score (nSPS) is 9.64. The van der Waals surface area contributed by atoms with Gasteiger partial charge in [-0.3, -0.25) is 4.79 Å². The summed E-state index contributed by atoms with van der Waals surface area (Å²) >= 11 is 0. The largest absolute Gasteiger partial charge is 1.00 e. The summed E-state index contributed by atoms with van der Waals surface area (Å²) in [5, 5.41) is 5.47. The van der Waals surface area contributed by atoms with Crippen molar-refractivity contribution in [3.05, 3.63) is 23.8 Å². The maximum Gasteiger partial charge on any atom is 0.319 e. The van der Waals surface area contributed by atoms with E-state index >= 15 is 0 Å². The molecule has 1 aromatic carbocycles. The average molecular weight is 327 g/mol. The fraction of sp³-hybridized carbons (Fsp3) is 0.500. The molecule has 22 heavy (non-hydrogen) atoms. The van der Waals surface area contributed by atoms with Gasteiger partial charge >= 0.3 is 6.03 Å². The summed E-state index contributed by atoms with van der Waals surface area (Å²) in [6.45, 7) is 9.98. The van der Waals surface area contributed by atoms with E-state index in [1.165, 1.54) is 6.92 Å². The summed E-state index contributed by atoms with van der Waals surface area (Å²) in [6.07, 6.45) is 0.354. The Bertz CT molecular complexity index is 502. The number of rotatable bonds is 7. The molecule has 0 fully saturated rings. The van der Waals surface area contributed by atoms with E-state index in [1.54, 1.807) is 0 Å². The highest BCUT2D eigenvalue weighted by Crippen LogP contribution is 2.22. The van der Waals surface area contributed by atoms with Crippen LogP contribution in [0.1, 0.15) is 32.8 Å². The van der Waals surface area contributed by atoms with E-state index in [1.807, 2.05) is 19.1 Å². The molecule has 0 radical (unpaired) electrons. The van der Waals surface area contributed by atoms with Crippen molar-refractivity contribution >= 4 is 23.2 Å². The average Bonchev–Trinajstić information content (AvgIpc) is 2.42. The van der Waals surface area contributed by atoms with Crippen LogP contribution in [0, 0.1) is 6.92 Å². The van der Waals surface area contributed by atoms with E-state index in [0.717, 1.165) is 30.0 Å². The number of anilines is 2. The van der Waals surface area contributed by atoms with Crippen LogP contribution in [0.5, 0.6) is 0 Å². The molecule has 0 aromatic heterocycles. The first-order valence-electron chi connectivity index (χ1n) is 7.37. The van der Waals surface area contributed by atoms with E-state index in [-0.39, 0.29) is 24.2 Å². The molecule has 0 saturated heterocycles. The molecule has 0 bridgehead atoms. The number of hydrogen-bond acceptors (Lipinski definition) is 3. The van der Waals surface area contributed by atoms with Crippen molar-refractivity contribution < 1.29 is 22.0 Å². The molecule has 0 aliphatic heterocycles. The third kappa shape index (κ3) is 6.35. The lowest BCUT2D eigenvalue weighted by Gasteiger charge is -2.22. The second-order valence-electron chi connectivity index (χ2n) is 5.00. The first-order valence-corrected chi connectivity index (χ1v) is 7.37. The molecule has 2 N–H and O–H groups in total. The number of hydrogen-bond donors (Lipinski definition) is 2. The minimum atomic E-state index is -0.282. The zero-order valence-corrected chi connectivity index (χ0v) is 14.5. The number of urea groups is 1. The minimum Gasteiger partial charge on any atom is -1.00 e. The second-order valence-corrected chi connectivity index (χ2v) is 5.00. The van der Waals surface area contributed by atoms with E-state index in [0.29, 0.717) is 13.0 Å². The Balaban J connectivity index is 0.00000441. The van der Waals surface area contributed by atoms with Gasteiger partial charge in [-0.1, -0.05) is 0 Å². The van der Waals surface area contributed by atoms with Crippen LogP contribution >= 0.6 is 0 Å². The van der Waals surface area contributed by atoms with Gasteiger partial charge in [0.1, 0.15) is 5.78 Å². The maximum atomic E-state index is 11.7. The monoisotopic (exact) mass is 326 g/mol. The van der Waals surface area contributed by atoms with Crippen LogP contribution in [0.3, 0.4) is 0 Å². The molecular weight excluding hydrogens is 302 g/mol. The Morgan fingerprint density at radius 3 is 2.32 bits per heavy atom. The molecule has 0 aliphatic rings. The second kappa shape index (κ2) is 10.1. The summed E-state index contributed by atoms with van der Waals surface area (Å²) in [5.74, 6) is 0.0649. The van der Waals surface area contributed by atoms with Gasteiger partial charge in [-0.05, 0) is 51.5 Å². The third-order valence-corrected chi connectivity index (χ3v) is 3.35. The number of nitrogens with one attached hydrogen (secondary N) is 2. The van der Waals surface area contributed by atoms with Gasteiger partial charge in [0.15, 0.2) is 0 Å². The molecule has 0 atom stereocenters. The molecular formula is C16H25ClN3O2-. The molecule has 1 rings (SSSR count). The third-order valence-electron chi connectivity index (χ3n) is 3.35. The van der Waals surface area contributed by atoms with Crippen LogP contribution in [-0.2, 0) is 4.79 Å². The predicted octanol–water partition coefficient (Wildman–Crippen LogP) is -0.0542. The van der Waals surface area contributed by atoms with E-state index in [2.05, 4.69) is 35.4 Å². The Labute approximate surface area is 138 Å². The Hall–Kier alpha value is -1.75. The van der Waals surface area contributed by atoms with Crippen molar-refractivity contribution in [1.29, 1.82) is 0 Å². The topological polar surface area (TPSA) is 61.4 Å². The van der Waals surface area contributed by atoms with E-state index < -0.39 is 0 Å². The smallest absolute Gasteiger partial charge is 0.319 e. The highest BCUT2D eigenvalue weighted by atomic mass is 35.5. The number of aryl methyl sites for hydroxylation is 1. The van der Waals surface area contributed by atoms with Gasteiger partial charge in [0.25, 0.3) is 0 Å². The number of carbonyl (C=O) groups excluding carboxylic acids is 2. The van der Waals surface area contributed by atoms with Gasteiger partial charge in [0, 0.05) is 37.4 Å². The van der Waals surface area contributed by atoms with Gasteiger partial charge in [0.2, 0.25) is 0 Å². The number of nitrogens with zero attached hydrogens (tertiary/aromatic N) is 1. The molecule has 124 valence electrons. The lowest BCUT2D eigenvalue weighted by molar-refractivity contribution is -0.116. The van der Waals surface area contributed by atoms with Crippen LogP contribution in [0.4, 0.5) is 16.2 Å². The molecule has 0 saturated carbocycles. The van der Waals surface area contributed by atoms with Crippen molar-refractivity contribution in [2.24, 2.45) is 0 Å². The van der Waals surface area contributed by atoms with E-state index in [9.17, 15) is 9.59 Å². The van der Waals surface area contributed by atoms with Crippen molar-refractivity contribution in [3.63, 3.8) is 0 Å². The SMILES string of the molecule is CCN(CC)c1ccc(NC(=O)NCCC(C)=O)c(C)c1.[Cl-]. The van der Waals surface area contributed by atoms with Crippen molar-refractivity contribution in [2.75, 3.05) is 29.9 Å². The summed E-state index contributed by atoms with van der Waals surface area (Å²) in [7, 11) is 0. The Kier molecular flexibility index (Phi) is 9.26. The highest BCUT2D eigenvalue weighted by Gasteiger charge is 2.07. The molecule has 6 heteroatoms. The van der Waals surface area contributed by atoms with Crippen molar-refractivity contribution in [2.45, 2.75) is 34.1 Å². The van der Waals surface area contributed by atoms with Crippen LogP contribution in [0.15, 0.2) is 18.2 Å². The number of halogens is 1. The lowest BCUT2D eigenvalue weighted by Crippen LogP contribution is -3.00. The summed E-state index contributed by atoms with van der Waals surface area (Å²) in [6, 6.07) is 5.70. The molecule has 0 heterocycles. The van der Waals surface area contributed by atoms with Crippen LogP contribution in [-0.4, -0.2) is 31.4 Å². The molecule has 1 aromatic rings. The number of carbonyl (C=O) groups is 2. The summed E-state index contributed by atoms with van der Waals surface area (Å²) < 4.78 is 0. The lowest BCUT2D eigenvalue weighted by atomic mass is 10.1. The Morgan fingerprint density at radius 2 is 1.82 bits per heavy atom. The fourth-order valence-electron chi connectivity index (χ4n) is 2.09. The van der Waals surface area contributed by atoms with Crippen molar-refractivity contribution in [3.8, 4) is 0 Å². The highest BCUT2D eigenvalue weighted by molar-refractivity contribution is 5.90. The first kappa shape index (κ1) is 20.2. The van der Waals surface area contributed by atoms with Gasteiger partial charge in [-0.25, -0.2) is 4.79 Å². The quantitative estimate of drug-likeness (QED) is 0.738. The number of benzene rings is 1. The van der Waals surface area contributed by atoms with Gasteiger partial charge in [-0.2, -0.15) is 0 Å². The molecule has 2 amide bonds. The fourth-order valence-corrected chi connectivity index (χ4v) is 2.09. The van der Waals surface area contributed by atoms with E-state index in [4.69, 9.17) is 0 Å². The van der Waals surface area contributed by atoms with Crippen molar-refractivity contribution in [1.82, 2.24) is 5.32 Å². The first-order chi connectivity index (χ1) is 9.97. The molecule has 0 spiro atoms. The van der Waals surface area contributed by atoms with Gasteiger partial charge in [-0.15, -0.1) is 0 Å². The summed E-state index contributed by atoms with van der Waals surface area (Å²) in [5.41, 5.74) is 2.95. The van der Waals surface area contributed by atoms with Crippen LogP contribution in [0.25, 0.3) is 0 Å². The zero-order valence-electron chi connectivity index (χ0n) is 13.7. The standard InChI is InChI=1S/C16H25N3O2.ClH/c1-5-19(6-2)14-7-8-15(12(3)11-14)18-16(21)17-10-9-13(4)20;/h7-8,11H,5-6,9-10H2,1-4H3,(H2,17,18,21);1H/p-1. The zero-order chi connectivity index (χ0) is 15.8. The van der Waals surface area contributed by atoms with Gasteiger partial charge in [0.05, 0.1) is 0 Å². The number of ketones is 1. The maximum absolute atomic E-state index is 11.7. The van der Waals surface area contributed by atoms with Gasteiger partial charge < -0.3 is 27.9 Å². The van der Waals surface area contributed by atoms with Crippen LogP contribution in [0.2, 0.25) is 0 Å². The molecule has 0 unspecified atom stereocenters. The number of amides is 2. The predicted molar refractivity (Wildman–Crippen MR) is 87.1 cm³/mol.